The van der Waals surface area contributed by atoms with Crippen LogP contribution in [0, 0.1) is 11.7 Å². The maximum Gasteiger partial charge on any atom is 0.417 e. The third-order valence-corrected chi connectivity index (χ3v) is 2.75. The van der Waals surface area contributed by atoms with Crippen LogP contribution in [0.25, 0.3) is 0 Å². The topological polar surface area (TPSA) is 47.6 Å². The smallest absolute Gasteiger partial charge is 0.394 e. The van der Waals surface area contributed by atoms with Crippen LogP contribution in [0.3, 0.4) is 0 Å². The monoisotopic (exact) mass is 276 g/mol. The first kappa shape index (κ1) is 13.6. The van der Waals surface area contributed by atoms with E-state index in [1.54, 1.807) is 0 Å². The zero-order chi connectivity index (χ0) is 14.0. The molecule has 3 nitrogen and oxygen atoms in total. The van der Waals surface area contributed by atoms with Gasteiger partial charge in [-0.05, 0) is 30.9 Å². The zero-order valence-corrected chi connectivity index (χ0v) is 9.88. The third kappa shape index (κ3) is 3.36. The molecule has 0 atom stereocenters. The predicted molar refractivity (Wildman–Crippen MR) is 60.8 cm³/mol. The van der Waals surface area contributed by atoms with Crippen LogP contribution in [-0.4, -0.2) is 12.4 Å². The second-order valence-corrected chi connectivity index (χ2v) is 4.38. The molecule has 104 valence electrons. The Labute approximate surface area is 107 Å². The molecule has 2 rings (SSSR count). The summed E-state index contributed by atoms with van der Waals surface area (Å²) in [5.74, 6) is -1.31. The second-order valence-electron chi connectivity index (χ2n) is 4.38. The van der Waals surface area contributed by atoms with E-state index in [9.17, 15) is 17.6 Å². The van der Waals surface area contributed by atoms with E-state index >= 15 is 0 Å². The van der Waals surface area contributed by atoms with E-state index in [2.05, 4.69) is 5.16 Å². The van der Waals surface area contributed by atoms with Crippen molar-refractivity contribution in [3.05, 3.63) is 35.1 Å². The lowest BCUT2D eigenvalue weighted by Gasteiger charge is -2.12. The minimum atomic E-state index is -4.70. The molecule has 1 aromatic carbocycles. The van der Waals surface area contributed by atoms with E-state index in [1.165, 1.54) is 0 Å². The number of halogens is 4. The quantitative estimate of drug-likeness (QED) is 0.398. The highest BCUT2D eigenvalue weighted by Gasteiger charge is 2.35. The number of alkyl halides is 3. The van der Waals surface area contributed by atoms with Crippen LogP contribution < -0.4 is 5.73 Å². The summed E-state index contributed by atoms with van der Waals surface area (Å²) in [7, 11) is 0. The number of oxime groups is 1. The summed E-state index contributed by atoms with van der Waals surface area (Å²) in [5.41, 5.74) is 3.45. The first-order valence-electron chi connectivity index (χ1n) is 5.71. The Morgan fingerprint density at radius 3 is 2.63 bits per heavy atom. The van der Waals surface area contributed by atoms with Gasteiger partial charge in [0.2, 0.25) is 0 Å². The van der Waals surface area contributed by atoms with Gasteiger partial charge in [-0.25, -0.2) is 4.39 Å². The van der Waals surface area contributed by atoms with Crippen molar-refractivity contribution in [3.63, 3.8) is 0 Å². The Balaban J connectivity index is 2.25. The second kappa shape index (κ2) is 5.07. The molecular weight excluding hydrogens is 264 g/mol. The minimum Gasteiger partial charge on any atom is -0.394 e. The number of hydrogen-bond acceptors (Lipinski definition) is 2. The molecule has 0 radical (unpaired) electrons. The highest BCUT2D eigenvalue weighted by Crippen LogP contribution is 2.33. The van der Waals surface area contributed by atoms with Crippen molar-refractivity contribution in [1.82, 2.24) is 0 Å². The Morgan fingerprint density at radius 2 is 2.05 bits per heavy atom. The van der Waals surface area contributed by atoms with E-state index in [0.717, 1.165) is 31.0 Å². The van der Waals surface area contributed by atoms with Crippen molar-refractivity contribution in [3.8, 4) is 0 Å². The lowest BCUT2D eigenvalue weighted by atomic mass is 10.1. The predicted octanol–water partition coefficient (Wildman–Crippen LogP) is 2.89. The van der Waals surface area contributed by atoms with Gasteiger partial charge in [0.15, 0.2) is 5.84 Å². The molecule has 19 heavy (non-hydrogen) atoms. The number of rotatable bonds is 4. The Morgan fingerprint density at radius 1 is 1.37 bits per heavy atom. The molecule has 0 spiro atoms. The summed E-state index contributed by atoms with van der Waals surface area (Å²) >= 11 is 0. The van der Waals surface area contributed by atoms with Gasteiger partial charge in [-0.2, -0.15) is 13.2 Å². The molecule has 1 fully saturated rings. The maximum absolute atomic E-state index is 13.5. The van der Waals surface area contributed by atoms with Gasteiger partial charge in [-0.1, -0.05) is 11.2 Å². The first-order valence-corrected chi connectivity index (χ1v) is 5.71. The molecule has 0 bridgehead atoms. The fourth-order valence-corrected chi connectivity index (χ4v) is 1.56. The maximum atomic E-state index is 13.5. The van der Waals surface area contributed by atoms with Crippen LogP contribution in [0.2, 0.25) is 0 Å². The van der Waals surface area contributed by atoms with Crippen LogP contribution in [0.4, 0.5) is 17.6 Å². The highest BCUT2D eigenvalue weighted by molar-refractivity contribution is 5.98. The van der Waals surface area contributed by atoms with Crippen LogP contribution >= 0.6 is 0 Å². The van der Waals surface area contributed by atoms with Crippen molar-refractivity contribution in [2.45, 2.75) is 19.0 Å². The van der Waals surface area contributed by atoms with E-state index in [4.69, 9.17) is 10.6 Å². The van der Waals surface area contributed by atoms with Gasteiger partial charge >= 0.3 is 6.18 Å². The molecule has 0 aliphatic heterocycles. The third-order valence-electron chi connectivity index (χ3n) is 2.75. The molecule has 0 amide bonds. The Kier molecular flexibility index (Phi) is 3.64. The van der Waals surface area contributed by atoms with Crippen molar-refractivity contribution in [2.24, 2.45) is 16.8 Å². The molecular formula is C12H12F4N2O. The van der Waals surface area contributed by atoms with Gasteiger partial charge in [-0.15, -0.1) is 0 Å². The standard InChI is InChI=1S/C12H12F4N2O/c13-9-3-1-2-8(12(14,15)16)10(9)11(17)18-19-6-7-4-5-7/h1-3,7H,4-6H2,(H2,17,18). The summed E-state index contributed by atoms with van der Waals surface area (Å²) in [6, 6.07) is 2.62. The van der Waals surface area contributed by atoms with E-state index in [-0.39, 0.29) is 6.61 Å². The average molecular weight is 276 g/mol. The Hall–Kier alpha value is -1.79. The molecule has 1 aromatic rings. The number of nitrogens with zero attached hydrogens (tertiary/aromatic N) is 1. The van der Waals surface area contributed by atoms with Crippen LogP contribution in [-0.2, 0) is 11.0 Å². The fraction of sp³-hybridized carbons (Fsp3) is 0.417. The summed E-state index contributed by atoms with van der Waals surface area (Å²) < 4.78 is 51.7. The lowest BCUT2D eigenvalue weighted by Crippen LogP contribution is -2.22. The summed E-state index contributed by atoms with van der Waals surface area (Å²) in [6.45, 7) is 0.288. The van der Waals surface area contributed by atoms with Crippen LogP contribution in [0.5, 0.6) is 0 Å². The molecule has 7 heteroatoms. The van der Waals surface area contributed by atoms with E-state index in [1.807, 2.05) is 0 Å². The van der Waals surface area contributed by atoms with Crippen molar-refractivity contribution in [2.75, 3.05) is 6.61 Å². The van der Waals surface area contributed by atoms with Crippen LogP contribution in [0.1, 0.15) is 24.0 Å². The van der Waals surface area contributed by atoms with Gasteiger partial charge < -0.3 is 10.6 Å². The van der Waals surface area contributed by atoms with Gasteiger partial charge in [0, 0.05) is 0 Å². The van der Waals surface area contributed by atoms with Crippen LogP contribution in [0.15, 0.2) is 23.4 Å². The zero-order valence-electron chi connectivity index (χ0n) is 9.88. The van der Waals surface area contributed by atoms with Gasteiger partial charge in [0.05, 0.1) is 11.1 Å². The molecule has 0 heterocycles. The minimum absolute atomic E-state index is 0.288. The molecule has 1 aliphatic rings. The largest absolute Gasteiger partial charge is 0.417 e. The molecule has 0 aromatic heterocycles. The SMILES string of the molecule is N/C(=N\OCC1CC1)c1c(F)cccc1C(F)(F)F. The Bertz CT molecular complexity index is 495. The van der Waals surface area contributed by atoms with Gasteiger partial charge in [0.1, 0.15) is 12.4 Å². The number of nitrogens with two attached hydrogens (primary N) is 1. The average Bonchev–Trinajstić information content (AvgIpc) is 3.11. The molecule has 1 aliphatic carbocycles. The summed E-state index contributed by atoms with van der Waals surface area (Å²) in [6.07, 6.45) is -2.69. The lowest BCUT2D eigenvalue weighted by molar-refractivity contribution is -0.137. The normalized spacial score (nSPS) is 16.5. The van der Waals surface area contributed by atoms with Gasteiger partial charge in [-0.3, -0.25) is 0 Å². The highest BCUT2D eigenvalue weighted by atomic mass is 19.4. The number of amidine groups is 1. The summed E-state index contributed by atoms with van der Waals surface area (Å²) in [5, 5.41) is 3.36. The van der Waals surface area contributed by atoms with Crippen molar-refractivity contribution in [1.29, 1.82) is 0 Å². The van der Waals surface area contributed by atoms with E-state index < -0.39 is 29.0 Å². The van der Waals surface area contributed by atoms with E-state index in [0.29, 0.717) is 5.92 Å². The summed E-state index contributed by atoms with van der Waals surface area (Å²) in [4.78, 5) is 4.83. The van der Waals surface area contributed by atoms with Crippen molar-refractivity contribution < 1.29 is 22.4 Å². The molecule has 0 unspecified atom stereocenters. The van der Waals surface area contributed by atoms with Gasteiger partial charge in [0.25, 0.3) is 0 Å². The molecule has 1 saturated carbocycles. The number of hydrogen-bond donors (Lipinski definition) is 1. The molecule has 0 saturated heterocycles. The first-order chi connectivity index (χ1) is 8.89. The van der Waals surface area contributed by atoms with Crippen molar-refractivity contribution >= 4 is 5.84 Å². The fourth-order valence-electron chi connectivity index (χ4n) is 1.56. The molecule has 2 N–H and O–H groups in total. The number of benzene rings is 1.